The summed E-state index contributed by atoms with van der Waals surface area (Å²) in [5, 5.41) is 9.64. The first-order chi connectivity index (χ1) is 14.4. The van der Waals surface area contributed by atoms with Crippen LogP contribution in [-0.2, 0) is 9.53 Å². The number of rotatable bonds is 7. The number of nitrogens with zero attached hydrogens (tertiary/aromatic N) is 2. The molecule has 3 rings (SSSR count). The second-order valence-corrected chi connectivity index (χ2v) is 6.78. The summed E-state index contributed by atoms with van der Waals surface area (Å²) in [6, 6.07) is 14.6. The number of benzene rings is 2. The van der Waals surface area contributed by atoms with Crippen LogP contribution >= 0.6 is 0 Å². The van der Waals surface area contributed by atoms with E-state index in [1.807, 2.05) is 25.1 Å². The van der Waals surface area contributed by atoms with Crippen molar-refractivity contribution in [2.75, 3.05) is 25.2 Å². The molecule has 0 N–H and O–H groups in total. The third-order valence-corrected chi connectivity index (χ3v) is 4.75. The number of amides is 1. The van der Waals surface area contributed by atoms with E-state index in [0.29, 0.717) is 22.6 Å². The first-order valence-electron chi connectivity index (χ1n) is 9.43. The van der Waals surface area contributed by atoms with Crippen molar-refractivity contribution in [3.63, 3.8) is 0 Å². The first kappa shape index (κ1) is 20.9. The third-order valence-electron chi connectivity index (χ3n) is 4.75. The minimum atomic E-state index is -0.722. The van der Waals surface area contributed by atoms with Crippen molar-refractivity contribution in [3.05, 3.63) is 59.4 Å². The number of hydrogen-bond acceptors (Lipinski definition) is 6. The zero-order valence-electron chi connectivity index (χ0n) is 17.1. The summed E-state index contributed by atoms with van der Waals surface area (Å²) in [6.45, 7) is 3.44. The Morgan fingerprint density at radius 2 is 1.87 bits per heavy atom. The number of hydrogen-bond donors (Lipinski definition) is 0. The Morgan fingerprint density at radius 1 is 1.13 bits per heavy atom. The molecule has 0 aliphatic rings. The molecule has 30 heavy (non-hydrogen) atoms. The maximum absolute atomic E-state index is 12.7. The van der Waals surface area contributed by atoms with Crippen molar-refractivity contribution in [2.45, 2.75) is 20.3 Å². The van der Waals surface area contributed by atoms with Gasteiger partial charge < -0.3 is 18.8 Å². The maximum atomic E-state index is 12.7. The van der Waals surface area contributed by atoms with Crippen LogP contribution in [0.4, 0.5) is 5.69 Å². The van der Waals surface area contributed by atoms with Gasteiger partial charge in [-0.2, -0.15) is 5.26 Å². The van der Waals surface area contributed by atoms with Gasteiger partial charge >= 0.3 is 5.97 Å². The van der Waals surface area contributed by atoms with Crippen LogP contribution in [0.25, 0.3) is 11.0 Å². The van der Waals surface area contributed by atoms with Crippen LogP contribution in [0.15, 0.2) is 46.9 Å². The number of carbonyl (C=O) groups excluding carboxylic acids is 2. The fourth-order valence-corrected chi connectivity index (χ4v) is 3.08. The Hall–Kier alpha value is -3.79. The predicted molar refractivity (Wildman–Crippen MR) is 112 cm³/mol. The van der Waals surface area contributed by atoms with Gasteiger partial charge in [0.2, 0.25) is 5.76 Å². The predicted octanol–water partition coefficient (Wildman–Crippen LogP) is 4.16. The maximum Gasteiger partial charge on any atom is 0.375 e. The molecule has 0 saturated carbocycles. The van der Waals surface area contributed by atoms with Gasteiger partial charge in [0.1, 0.15) is 11.3 Å². The fourth-order valence-electron chi connectivity index (χ4n) is 3.08. The van der Waals surface area contributed by atoms with Crippen molar-refractivity contribution in [1.82, 2.24) is 0 Å². The molecule has 0 atom stereocenters. The Bertz CT molecular complexity index is 1110. The van der Waals surface area contributed by atoms with Crippen LogP contribution in [-0.4, -0.2) is 32.1 Å². The molecule has 0 saturated heterocycles. The lowest BCUT2D eigenvalue weighted by Gasteiger charge is -2.21. The number of furan rings is 1. The van der Waals surface area contributed by atoms with Crippen LogP contribution in [0.1, 0.15) is 28.1 Å². The molecule has 0 aliphatic heterocycles. The van der Waals surface area contributed by atoms with Crippen LogP contribution in [0.2, 0.25) is 0 Å². The van der Waals surface area contributed by atoms with Gasteiger partial charge in [-0.05, 0) is 44.2 Å². The normalized spacial score (nSPS) is 10.5. The molecular weight excluding hydrogens is 384 g/mol. The van der Waals surface area contributed by atoms with Crippen molar-refractivity contribution in [2.24, 2.45) is 0 Å². The zero-order valence-corrected chi connectivity index (χ0v) is 17.1. The number of aryl methyl sites for hydroxylation is 2. The zero-order chi connectivity index (χ0) is 21.7. The van der Waals surface area contributed by atoms with Gasteiger partial charge in [0.25, 0.3) is 5.91 Å². The number of fused-ring (bicyclic) bond motifs is 1. The summed E-state index contributed by atoms with van der Waals surface area (Å²) in [7, 11) is 1.56. The highest BCUT2D eigenvalue weighted by molar-refractivity contribution is 5.99. The summed E-state index contributed by atoms with van der Waals surface area (Å²) < 4.78 is 16.0. The lowest BCUT2D eigenvalue weighted by molar-refractivity contribution is -0.121. The quantitative estimate of drug-likeness (QED) is 0.547. The number of carbonyl (C=O) groups is 2. The highest BCUT2D eigenvalue weighted by Crippen LogP contribution is 2.29. The Labute approximate surface area is 174 Å². The molecule has 3 aromatic rings. The van der Waals surface area contributed by atoms with E-state index in [1.54, 1.807) is 44.4 Å². The molecule has 1 aromatic heterocycles. The number of esters is 1. The highest BCUT2D eigenvalue weighted by Gasteiger charge is 2.22. The minimum absolute atomic E-state index is 0.0463. The van der Waals surface area contributed by atoms with Gasteiger partial charge in [-0.15, -0.1) is 0 Å². The van der Waals surface area contributed by atoms with E-state index in [4.69, 9.17) is 19.2 Å². The fraction of sp³-hybridized carbons (Fsp3) is 0.261. The minimum Gasteiger partial charge on any atom is -0.497 e. The lowest BCUT2D eigenvalue weighted by atomic mass is 10.1. The van der Waals surface area contributed by atoms with Crippen molar-refractivity contribution < 1.29 is 23.5 Å². The van der Waals surface area contributed by atoms with Crippen LogP contribution in [0.5, 0.6) is 5.75 Å². The Balaban J connectivity index is 1.74. The standard InChI is InChI=1S/C23H22N2O5/c1-15-5-7-17(8-6-15)25(12-4-11-24)21(26)14-29-23(27)22-16(2)19-13-18(28-3)9-10-20(19)30-22/h5-10,13H,4,12,14H2,1-3H3. The molecule has 154 valence electrons. The van der Waals surface area contributed by atoms with E-state index in [0.717, 1.165) is 10.9 Å². The molecular formula is C23H22N2O5. The molecule has 1 amide bonds. The van der Waals surface area contributed by atoms with Crippen molar-refractivity contribution >= 4 is 28.5 Å². The average molecular weight is 406 g/mol. The van der Waals surface area contributed by atoms with Crippen LogP contribution in [0, 0.1) is 25.2 Å². The Kier molecular flexibility index (Phi) is 6.38. The Morgan fingerprint density at radius 3 is 2.53 bits per heavy atom. The molecule has 0 bridgehead atoms. The van der Waals surface area contributed by atoms with E-state index < -0.39 is 18.5 Å². The summed E-state index contributed by atoms with van der Waals surface area (Å²) >= 11 is 0. The summed E-state index contributed by atoms with van der Waals surface area (Å²) in [5.41, 5.74) is 2.84. The summed E-state index contributed by atoms with van der Waals surface area (Å²) in [6.07, 6.45) is 0.165. The van der Waals surface area contributed by atoms with E-state index in [9.17, 15) is 9.59 Å². The molecule has 1 heterocycles. The molecule has 0 fully saturated rings. The molecule has 0 spiro atoms. The van der Waals surface area contributed by atoms with E-state index in [2.05, 4.69) is 0 Å². The van der Waals surface area contributed by atoms with Crippen molar-refractivity contribution in [1.29, 1.82) is 5.26 Å². The van der Waals surface area contributed by atoms with E-state index in [1.165, 1.54) is 4.90 Å². The summed E-state index contributed by atoms with van der Waals surface area (Å²) in [5.74, 6) is -0.448. The number of nitriles is 1. The first-order valence-corrected chi connectivity index (χ1v) is 9.43. The van der Waals surface area contributed by atoms with Crippen LogP contribution in [0.3, 0.4) is 0 Å². The SMILES string of the molecule is COc1ccc2oc(C(=O)OCC(=O)N(CCC#N)c3ccc(C)cc3)c(C)c2c1. The van der Waals surface area contributed by atoms with E-state index in [-0.39, 0.29) is 18.7 Å². The topological polar surface area (TPSA) is 92.8 Å². The molecule has 0 unspecified atom stereocenters. The average Bonchev–Trinajstić information content (AvgIpc) is 3.09. The number of anilines is 1. The molecule has 2 aromatic carbocycles. The van der Waals surface area contributed by atoms with Crippen LogP contribution < -0.4 is 9.64 Å². The van der Waals surface area contributed by atoms with Gasteiger partial charge in [-0.1, -0.05) is 17.7 Å². The van der Waals surface area contributed by atoms with Gasteiger partial charge in [0, 0.05) is 23.2 Å². The summed E-state index contributed by atoms with van der Waals surface area (Å²) in [4.78, 5) is 26.7. The highest BCUT2D eigenvalue weighted by atomic mass is 16.5. The smallest absolute Gasteiger partial charge is 0.375 e. The van der Waals surface area contributed by atoms with Gasteiger partial charge in [0.15, 0.2) is 6.61 Å². The van der Waals surface area contributed by atoms with Gasteiger partial charge in [0.05, 0.1) is 19.6 Å². The number of methoxy groups -OCH3 is 1. The second-order valence-electron chi connectivity index (χ2n) is 6.78. The molecule has 0 radical (unpaired) electrons. The lowest BCUT2D eigenvalue weighted by Crippen LogP contribution is -2.35. The molecule has 7 heteroatoms. The third kappa shape index (κ3) is 4.44. The van der Waals surface area contributed by atoms with Crippen molar-refractivity contribution in [3.8, 4) is 11.8 Å². The van der Waals surface area contributed by atoms with E-state index >= 15 is 0 Å². The van der Waals surface area contributed by atoms with Gasteiger partial charge in [-0.25, -0.2) is 4.79 Å². The van der Waals surface area contributed by atoms with Gasteiger partial charge in [-0.3, -0.25) is 4.79 Å². The molecule has 7 nitrogen and oxygen atoms in total. The largest absolute Gasteiger partial charge is 0.497 e. The monoisotopic (exact) mass is 406 g/mol. The molecule has 0 aliphatic carbocycles. The number of ether oxygens (including phenoxy) is 2. The second kappa shape index (κ2) is 9.14.